The fourth-order valence-corrected chi connectivity index (χ4v) is 3.63. The third-order valence-electron chi connectivity index (χ3n) is 4.19. The average Bonchev–Trinajstić information content (AvgIpc) is 2.51. The van der Waals surface area contributed by atoms with E-state index in [0.29, 0.717) is 0 Å². The summed E-state index contributed by atoms with van der Waals surface area (Å²) in [5, 5.41) is 19.5. The van der Waals surface area contributed by atoms with Crippen molar-refractivity contribution in [2.75, 3.05) is 0 Å². The van der Waals surface area contributed by atoms with Crippen LogP contribution in [0.15, 0.2) is 29.2 Å². The van der Waals surface area contributed by atoms with Crippen molar-refractivity contribution >= 4 is 22.0 Å². The Morgan fingerprint density at radius 1 is 0.893 bits per heavy atom. The van der Waals surface area contributed by atoms with Crippen LogP contribution in [0.3, 0.4) is 0 Å². The van der Waals surface area contributed by atoms with Gasteiger partial charge in [0.1, 0.15) is 22.1 Å². The molecule has 1 fully saturated rings. The van der Waals surface area contributed by atoms with Gasteiger partial charge < -0.3 is 0 Å². The van der Waals surface area contributed by atoms with E-state index >= 15 is 0 Å². The summed E-state index contributed by atoms with van der Waals surface area (Å²) >= 11 is 0. The molecule has 0 saturated carbocycles. The van der Waals surface area contributed by atoms with Gasteiger partial charge in [-0.3, -0.25) is 14.9 Å². The molecular formula is C14H7F8N3O2S. The largest absolute Gasteiger partial charge is 0.402 e. The topological polar surface area (TPSA) is 93.8 Å². The van der Waals surface area contributed by atoms with Crippen LogP contribution in [0.25, 0.3) is 0 Å². The highest BCUT2D eigenvalue weighted by Gasteiger charge is 2.72. The number of halogens is 8. The van der Waals surface area contributed by atoms with Gasteiger partial charge in [0.2, 0.25) is 11.8 Å². The quantitative estimate of drug-likeness (QED) is 0.562. The normalized spacial score (nSPS) is 28.4. The molecule has 1 aromatic carbocycles. The Morgan fingerprint density at radius 3 is 1.57 bits per heavy atom. The Bertz CT molecular complexity index is 909. The molecule has 2 atom stereocenters. The SMILES string of the molecule is N#CC1C(=O)NC(=O)C(C#N)C1(c1ccc(S(F)(F)(F)(F)F)cc1)C(F)(F)F. The standard InChI is InChI=1S/C14H7F8N3O2S/c15-14(16,17)13(9(5-23)11(26)25-12(27)10(13)6-24)7-1-3-8(4-2-7)28(18,19,20,21)22/h1-4,9-10H,(H,25,26,27). The molecule has 2 unspecified atom stereocenters. The second kappa shape index (κ2) is 5.35. The predicted octanol–water partition coefficient (Wildman–Crippen LogP) is 4.08. The number of hydrogen-bond donors (Lipinski definition) is 1. The van der Waals surface area contributed by atoms with Gasteiger partial charge in [-0.1, -0.05) is 31.6 Å². The molecule has 1 N–H and O–H groups in total. The first-order valence-electron chi connectivity index (χ1n) is 6.95. The first-order chi connectivity index (χ1) is 12.4. The lowest BCUT2D eigenvalue weighted by atomic mass is 9.60. The molecule has 0 aliphatic carbocycles. The first kappa shape index (κ1) is 21.4. The molecule has 1 heterocycles. The molecule has 1 aliphatic rings. The third-order valence-corrected chi connectivity index (χ3v) is 5.35. The number of nitriles is 2. The minimum Gasteiger partial charge on any atom is -0.294 e. The summed E-state index contributed by atoms with van der Waals surface area (Å²) in [5.41, 5.74) is -5.14. The van der Waals surface area contributed by atoms with E-state index in [1.807, 2.05) is 0 Å². The first-order valence-corrected chi connectivity index (χ1v) is 8.90. The van der Waals surface area contributed by atoms with E-state index in [4.69, 9.17) is 10.5 Å². The zero-order valence-electron chi connectivity index (χ0n) is 13.1. The van der Waals surface area contributed by atoms with Crippen molar-refractivity contribution < 1.29 is 42.2 Å². The van der Waals surface area contributed by atoms with Gasteiger partial charge >= 0.3 is 16.4 Å². The lowest BCUT2D eigenvalue weighted by Crippen LogP contribution is -2.65. The van der Waals surface area contributed by atoms with Crippen LogP contribution < -0.4 is 5.32 Å². The van der Waals surface area contributed by atoms with Crippen LogP contribution in [0.5, 0.6) is 0 Å². The summed E-state index contributed by atoms with van der Waals surface area (Å²) in [7, 11) is -10.2. The molecule has 2 rings (SSSR count). The zero-order chi connectivity index (χ0) is 21.8. The number of benzene rings is 1. The summed E-state index contributed by atoms with van der Waals surface area (Å²) < 4.78 is 106. The van der Waals surface area contributed by atoms with Crippen molar-refractivity contribution in [1.29, 1.82) is 10.5 Å². The molecule has 28 heavy (non-hydrogen) atoms. The number of imide groups is 1. The molecule has 2 amide bonds. The van der Waals surface area contributed by atoms with Crippen molar-refractivity contribution in [3.63, 3.8) is 0 Å². The predicted molar refractivity (Wildman–Crippen MR) is 76.9 cm³/mol. The van der Waals surface area contributed by atoms with Gasteiger partial charge in [-0.05, 0) is 17.7 Å². The Hall–Kier alpha value is -2.87. The van der Waals surface area contributed by atoms with Crippen LogP contribution in [0.1, 0.15) is 5.56 Å². The van der Waals surface area contributed by atoms with Gasteiger partial charge in [0.25, 0.3) is 0 Å². The fraction of sp³-hybridized carbons (Fsp3) is 0.286. The molecule has 14 heteroatoms. The molecule has 1 saturated heterocycles. The van der Waals surface area contributed by atoms with Crippen LogP contribution in [0, 0.1) is 34.5 Å². The highest BCUT2D eigenvalue weighted by molar-refractivity contribution is 8.45. The van der Waals surface area contributed by atoms with Crippen LogP contribution in [-0.4, -0.2) is 18.0 Å². The number of hydrogen-bond acceptors (Lipinski definition) is 4. The molecule has 152 valence electrons. The van der Waals surface area contributed by atoms with E-state index < -0.39 is 55.9 Å². The lowest BCUT2D eigenvalue weighted by Gasteiger charge is -2.44. The summed E-state index contributed by atoms with van der Waals surface area (Å²) in [5.74, 6) is -8.93. The number of carbonyl (C=O) groups is 2. The number of rotatable bonds is 2. The van der Waals surface area contributed by atoms with Crippen LogP contribution in [0.2, 0.25) is 0 Å². The van der Waals surface area contributed by atoms with Crippen LogP contribution >= 0.6 is 10.2 Å². The van der Waals surface area contributed by atoms with Gasteiger partial charge in [-0.2, -0.15) is 23.7 Å². The summed E-state index contributed by atoms with van der Waals surface area (Å²) in [6.07, 6.45) is -5.66. The van der Waals surface area contributed by atoms with Gasteiger partial charge in [0, 0.05) is 0 Å². The maximum absolute atomic E-state index is 14.0. The molecule has 5 nitrogen and oxygen atoms in total. The van der Waals surface area contributed by atoms with E-state index in [1.54, 1.807) is 0 Å². The number of alkyl halides is 3. The maximum Gasteiger partial charge on any atom is 0.402 e. The lowest BCUT2D eigenvalue weighted by molar-refractivity contribution is -0.218. The summed E-state index contributed by atoms with van der Waals surface area (Å²) in [6, 6.07) is 1.23. The second-order valence-electron chi connectivity index (χ2n) is 5.84. The highest BCUT2D eigenvalue weighted by atomic mass is 32.5. The minimum atomic E-state index is -10.2. The molecule has 0 spiro atoms. The van der Waals surface area contributed by atoms with E-state index in [-0.39, 0.29) is 24.3 Å². The van der Waals surface area contributed by atoms with Crippen LogP contribution in [-0.2, 0) is 15.0 Å². The molecule has 0 radical (unpaired) electrons. The van der Waals surface area contributed by atoms with Gasteiger partial charge in [0.05, 0.1) is 12.1 Å². The Balaban J connectivity index is 2.87. The summed E-state index contributed by atoms with van der Waals surface area (Å²) in [6.45, 7) is 0. The van der Waals surface area contributed by atoms with Crippen molar-refractivity contribution in [1.82, 2.24) is 5.32 Å². The molecule has 0 bridgehead atoms. The van der Waals surface area contributed by atoms with Crippen molar-refractivity contribution in [2.45, 2.75) is 16.5 Å². The number of nitrogens with zero attached hydrogens (tertiary/aromatic N) is 2. The second-order valence-corrected chi connectivity index (χ2v) is 8.25. The number of amides is 2. The molecule has 1 aliphatic heterocycles. The maximum atomic E-state index is 14.0. The minimum absolute atomic E-state index is 0.0265. The molecule has 1 aromatic rings. The van der Waals surface area contributed by atoms with Gasteiger partial charge in [-0.15, -0.1) is 0 Å². The van der Waals surface area contributed by atoms with Crippen LogP contribution in [0.4, 0.5) is 32.6 Å². The van der Waals surface area contributed by atoms with Crippen molar-refractivity contribution in [3.8, 4) is 12.1 Å². The van der Waals surface area contributed by atoms with Crippen molar-refractivity contribution in [2.24, 2.45) is 11.8 Å². The average molecular weight is 433 g/mol. The third kappa shape index (κ3) is 3.13. The number of piperidine rings is 1. The van der Waals surface area contributed by atoms with Gasteiger partial charge in [-0.25, -0.2) is 0 Å². The Morgan fingerprint density at radius 2 is 1.29 bits per heavy atom. The van der Waals surface area contributed by atoms with E-state index in [2.05, 4.69) is 0 Å². The molecule has 0 aromatic heterocycles. The summed E-state index contributed by atoms with van der Waals surface area (Å²) in [4.78, 5) is 21.1. The van der Waals surface area contributed by atoms with Gasteiger partial charge in [0.15, 0.2) is 0 Å². The fourth-order valence-electron chi connectivity index (χ4n) is 2.98. The highest BCUT2D eigenvalue weighted by Crippen LogP contribution is 3.02. The van der Waals surface area contributed by atoms with Crippen molar-refractivity contribution in [3.05, 3.63) is 29.8 Å². The monoisotopic (exact) mass is 433 g/mol. The number of carbonyl (C=O) groups excluding carboxylic acids is 2. The van der Waals surface area contributed by atoms with E-state index in [1.165, 1.54) is 5.32 Å². The van der Waals surface area contributed by atoms with E-state index in [0.717, 1.165) is 12.1 Å². The Kier molecular flexibility index (Phi) is 4.09. The zero-order valence-corrected chi connectivity index (χ0v) is 13.9. The molecular weight excluding hydrogens is 426 g/mol. The Labute approximate surface area is 151 Å². The van der Waals surface area contributed by atoms with E-state index in [9.17, 15) is 42.2 Å². The smallest absolute Gasteiger partial charge is 0.294 e. The number of nitrogens with one attached hydrogen (secondary N) is 1.